The molecule has 1 rings (SSSR count). The van der Waals surface area contributed by atoms with Crippen LogP contribution in [0.15, 0.2) is 18.2 Å². The molecular weight excluding hydrogens is 303 g/mol. The van der Waals surface area contributed by atoms with Crippen LogP contribution in [0.1, 0.15) is 20.3 Å². The number of anilines is 1. The number of carboxylic acid groups (broad SMARTS) is 1. The average Bonchev–Trinajstić information content (AvgIpc) is 2.39. The Labute approximate surface area is 127 Å². The fourth-order valence-electron chi connectivity index (χ4n) is 1.58. The van der Waals surface area contributed by atoms with Gasteiger partial charge in [0.05, 0.1) is 10.7 Å². The molecule has 2 atom stereocenters. The Balaban J connectivity index is 2.75. The predicted molar refractivity (Wildman–Crippen MR) is 79.5 cm³/mol. The average molecular weight is 319 g/mol. The standard InChI is InChI=1S/C13H16Cl2N2O3/c1-3-7(2)11(12(18)19)17-13(20)16-10-6-8(14)4-5-9(10)15/h4-7,11H,3H2,1-2H3,(H,18,19)(H2,16,17,20)/t7?,11-/m0/s1. The summed E-state index contributed by atoms with van der Waals surface area (Å²) in [6.07, 6.45) is 0.634. The number of aliphatic carboxylic acids is 1. The topological polar surface area (TPSA) is 78.4 Å². The number of halogens is 2. The first-order chi connectivity index (χ1) is 9.35. The smallest absolute Gasteiger partial charge is 0.326 e. The first-order valence-electron chi connectivity index (χ1n) is 6.10. The van der Waals surface area contributed by atoms with Crippen molar-refractivity contribution in [3.05, 3.63) is 28.2 Å². The lowest BCUT2D eigenvalue weighted by Crippen LogP contribution is -2.46. The summed E-state index contributed by atoms with van der Waals surface area (Å²) in [7, 11) is 0. The van der Waals surface area contributed by atoms with Crippen LogP contribution < -0.4 is 10.6 Å². The number of nitrogens with one attached hydrogen (secondary N) is 2. The number of hydrogen-bond acceptors (Lipinski definition) is 2. The van der Waals surface area contributed by atoms with Crippen molar-refractivity contribution in [1.29, 1.82) is 0 Å². The molecule has 0 heterocycles. The minimum Gasteiger partial charge on any atom is -0.480 e. The van der Waals surface area contributed by atoms with E-state index in [0.29, 0.717) is 22.2 Å². The maximum absolute atomic E-state index is 11.8. The van der Waals surface area contributed by atoms with E-state index in [1.807, 2.05) is 6.92 Å². The fraction of sp³-hybridized carbons (Fsp3) is 0.385. The van der Waals surface area contributed by atoms with Gasteiger partial charge >= 0.3 is 12.0 Å². The maximum atomic E-state index is 11.8. The van der Waals surface area contributed by atoms with E-state index < -0.39 is 18.0 Å². The van der Waals surface area contributed by atoms with Crippen LogP contribution >= 0.6 is 23.2 Å². The molecule has 1 aromatic rings. The molecule has 0 fully saturated rings. The molecule has 20 heavy (non-hydrogen) atoms. The number of carbonyl (C=O) groups is 2. The number of urea groups is 1. The lowest BCUT2D eigenvalue weighted by Gasteiger charge is -2.20. The summed E-state index contributed by atoms with van der Waals surface area (Å²) in [6, 6.07) is 3.03. The van der Waals surface area contributed by atoms with Crippen LogP contribution in [0, 0.1) is 5.92 Å². The number of benzene rings is 1. The highest BCUT2D eigenvalue weighted by Crippen LogP contribution is 2.25. The Morgan fingerprint density at radius 3 is 2.55 bits per heavy atom. The SMILES string of the molecule is CCC(C)[C@H](NC(=O)Nc1cc(Cl)ccc1Cl)C(=O)O. The third kappa shape index (κ3) is 4.58. The van der Waals surface area contributed by atoms with E-state index >= 15 is 0 Å². The normalized spacial score (nSPS) is 13.4. The second-order valence-corrected chi connectivity index (χ2v) is 5.27. The third-order valence-electron chi connectivity index (χ3n) is 2.94. The molecular formula is C13H16Cl2N2O3. The highest BCUT2D eigenvalue weighted by Gasteiger charge is 2.25. The van der Waals surface area contributed by atoms with Gasteiger partial charge in [-0.15, -0.1) is 0 Å². The summed E-state index contributed by atoms with van der Waals surface area (Å²) < 4.78 is 0. The minimum atomic E-state index is -1.08. The van der Waals surface area contributed by atoms with Gasteiger partial charge in [-0.1, -0.05) is 43.5 Å². The van der Waals surface area contributed by atoms with Crippen molar-refractivity contribution in [3.63, 3.8) is 0 Å². The quantitative estimate of drug-likeness (QED) is 0.775. The summed E-state index contributed by atoms with van der Waals surface area (Å²) in [6.45, 7) is 3.61. The highest BCUT2D eigenvalue weighted by atomic mass is 35.5. The van der Waals surface area contributed by atoms with E-state index in [9.17, 15) is 9.59 Å². The zero-order chi connectivity index (χ0) is 15.3. The van der Waals surface area contributed by atoms with Crippen molar-refractivity contribution in [1.82, 2.24) is 5.32 Å². The van der Waals surface area contributed by atoms with Gasteiger partial charge in [-0.2, -0.15) is 0 Å². The van der Waals surface area contributed by atoms with Gasteiger partial charge in [0, 0.05) is 5.02 Å². The summed E-state index contributed by atoms with van der Waals surface area (Å²) in [5, 5.41) is 14.7. The van der Waals surface area contributed by atoms with Gasteiger partial charge in [-0.25, -0.2) is 9.59 Å². The number of rotatable bonds is 5. The molecule has 1 unspecified atom stereocenters. The molecule has 0 bridgehead atoms. The Bertz CT molecular complexity index is 508. The van der Waals surface area contributed by atoms with E-state index in [1.54, 1.807) is 19.1 Å². The molecule has 1 aromatic carbocycles. The number of hydrogen-bond donors (Lipinski definition) is 3. The lowest BCUT2D eigenvalue weighted by molar-refractivity contribution is -0.140. The Morgan fingerprint density at radius 1 is 1.35 bits per heavy atom. The van der Waals surface area contributed by atoms with Crippen molar-refractivity contribution in [2.45, 2.75) is 26.3 Å². The van der Waals surface area contributed by atoms with Crippen LogP contribution in [-0.4, -0.2) is 23.1 Å². The van der Waals surface area contributed by atoms with E-state index in [-0.39, 0.29) is 5.92 Å². The van der Waals surface area contributed by atoms with Gasteiger partial charge in [0.15, 0.2) is 0 Å². The van der Waals surface area contributed by atoms with Gasteiger partial charge in [-0.3, -0.25) is 0 Å². The summed E-state index contributed by atoms with van der Waals surface area (Å²) in [5.41, 5.74) is 0.324. The molecule has 3 N–H and O–H groups in total. The van der Waals surface area contributed by atoms with Gasteiger partial charge in [-0.05, 0) is 24.1 Å². The number of carbonyl (C=O) groups excluding carboxylic acids is 1. The molecule has 110 valence electrons. The molecule has 7 heteroatoms. The second-order valence-electron chi connectivity index (χ2n) is 4.42. The molecule has 0 aliphatic heterocycles. The molecule has 2 amide bonds. The molecule has 0 aliphatic rings. The summed E-state index contributed by atoms with van der Waals surface area (Å²) >= 11 is 11.7. The predicted octanol–water partition coefficient (Wildman–Crippen LogP) is 3.61. The van der Waals surface area contributed by atoms with E-state index in [2.05, 4.69) is 10.6 Å². The number of carboxylic acids is 1. The summed E-state index contributed by atoms with van der Waals surface area (Å²) in [5.74, 6) is -1.26. The molecule has 0 saturated heterocycles. The third-order valence-corrected chi connectivity index (χ3v) is 3.51. The van der Waals surface area contributed by atoms with Gasteiger partial charge in [0.1, 0.15) is 6.04 Å². The van der Waals surface area contributed by atoms with Crippen LogP contribution in [0.2, 0.25) is 10.0 Å². The van der Waals surface area contributed by atoms with Gasteiger partial charge in [0.2, 0.25) is 0 Å². The molecule has 0 aromatic heterocycles. The minimum absolute atomic E-state index is 0.187. The Hall–Kier alpha value is -1.46. The van der Waals surface area contributed by atoms with E-state index in [1.165, 1.54) is 6.07 Å². The Morgan fingerprint density at radius 2 is 2.00 bits per heavy atom. The fourth-order valence-corrected chi connectivity index (χ4v) is 1.91. The first kappa shape index (κ1) is 16.6. The molecule has 0 radical (unpaired) electrons. The highest BCUT2D eigenvalue weighted by molar-refractivity contribution is 6.35. The van der Waals surface area contributed by atoms with Gasteiger partial charge < -0.3 is 15.7 Å². The van der Waals surface area contributed by atoms with E-state index in [4.69, 9.17) is 28.3 Å². The van der Waals surface area contributed by atoms with Crippen LogP contribution in [0.5, 0.6) is 0 Å². The first-order valence-corrected chi connectivity index (χ1v) is 6.86. The molecule has 0 aliphatic carbocycles. The van der Waals surface area contributed by atoms with Crippen LogP contribution in [0.3, 0.4) is 0 Å². The molecule has 0 saturated carbocycles. The molecule has 5 nitrogen and oxygen atoms in total. The number of amides is 2. The lowest BCUT2D eigenvalue weighted by atomic mass is 9.99. The largest absolute Gasteiger partial charge is 0.480 e. The van der Waals surface area contributed by atoms with Crippen LogP contribution in [-0.2, 0) is 4.79 Å². The van der Waals surface area contributed by atoms with Crippen molar-refractivity contribution < 1.29 is 14.7 Å². The summed E-state index contributed by atoms with van der Waals surface area (Å²) in [4.78, 5) is 22.9. The monoisotopic (exact) mass is 318 g/mol. The van der Waals surface area contributed by atoms with Gasteiger partial charge in [0.25, 0.3) is 0 Å². The molecule has 0 spiro atoms. The van der Waals surface area contributed by atoms with Crippen molar-refractivity contribution in [3.8, 4) is 0 Å². The van der Waals surface area contributed by atoms with Crippen LogP contribution in [0.4, 0.5) is 10.5 Å². The van der Waals surface area contributed by atoms with Crippen molar-refractivity contribution in [2.75, 3.05) is 5.32 Å². The zero-order valence-electron chi connectivity index (χ0n) is 11.1. The van der Waals surface area contributed by atoms with E-state index in [0.717, 1.165) is 0 Å². The maximum Gasteiger partial charge on any atom is 0.326 e. The van der Waals surface area contributed by atoms with Crippen molar-refractivity contribution in [2.24, 2.45) is 5.92 Å². The Kier molecular flexibility index (Phi) is 6.10. The van der Waals surface area contributed by atoms with Crippen molar-refractivity contribution >= 4 is 40.9 Å². The second kappa shape index (κ2) is 7.36. The zero-order valence-corrected chi connectivity index (χ0v) is 12.6. The van der Waals surface area contributed by atoms with Crippen LogP contribution in [0.25, 0.3) is 0 Å².